The molecule has 26 heavy (non-hydrogen) atoms. The Hall–Kier alpha value is -3.41. The average molecular weight is 351 g/mol. The second-order valence-electron chi connectivity index (χ2n) is 5.64. The number of nitrogens with one attached hydrogen (secondary N) is 2. The third-order valence-electron chi connectivity index (χ3n) is 3.64. The molecule has 132 valence electrons. The molecule has 3 aromatic rings. The molecule has 5 nitrogen and oxygen atoms in total. The second kappa shape index (κ2) is 8.11. The molecule has 0 spiro atoms. The van der Waals surface area contributed by atoms with E-state index in [0.717, 1.165) is 17.1 Å². The number of amides is 1. The Labute approximate surface area is 150 Å². The van der Waals surface area contributed by atoms with Crippen LogP contribution in [0.3, 0.4) is 0 Å². The quantitative estimate of drug-likeness (QED) is 0.700. The van der Waals surface area contributed by atoms with Gasteiger partial charge >= 0.3 is 0 Å². The van der Waals surface area contributed by atoms with Crippen LogP contribution in [0.2, 0.25) is 0 Å². The third kappa shape index (κ3) is 4.80. The molecule has 0 saturated heterocycles. The van der Waals surface area contributed by atoms with Crippen molar-refractivity contribution in [1.82, 2.24) is 4.98 Å². The van der Waals surface area contributed by atoms with Gasteiger partial charge < -0.3 is 15.4 Å². The summed E-state index contributed by atoms with van der Waals surface area (Å²) >= 11 is 0. The summed E-state index contributed by atoms with van der Waals surface area (Å²) in [6.07, 6.45) is 1.71. The Kier molecular flexibility index (Phi) is 5.43. The lowest BCUT2D eigenvalue weighted by atomic mass is 10.1. The number of aromatic nitrogens is 1. The summed E-state index contributed by atoms with van der Waals surface area (Å²) in [5, 5.41) is 5.91. The Morgan fingerprint density at radius 2 is 1.92 bits per heavy atom. The highest BCUT2D eigenvalue weighted by atomic mass is 19.1. The maximum atomic E-state index is 13.2. The molecule has 0 saturated carbocycles. The minimum Gasteiger partial charge on any atom is -0.497 e. The molecule has 2 aromatic carbocycles. The number of nitrogens with zero attached hydrogens (tertiary/aromatic N) is 1. The van der Waals surface area contributed by atoms with Crippen LogP contribution in [0.4, 0.5) is 21.6 Å². The first-order valence-corrected chi connectivity index (χ1v) is 8.04. The zero-order valence-corrected chi connectivity index (χ0v) is 14.2. The van der Waals surface area contributed by atoms with Gasteiger partial charge in [-0.3, -0.25) is 4.79 Å². The second-order valence-corrected chi connectivity index (χ2v) is 5.64. The lowest BCUT2D eigenvalue weighted by Crippen LogP contribution is -2.15. The number of methoxy groups -OCH3 is 1. The number of hydrogen-bond acceptors (Lipinski definition) is 4. The van der Waals surface area contributed by atoms with Gasteiger partial charge in [-0.2, -0.15) is 0 Å². The number of ether oxygens (including phenoxy) is 1. The molecule has 0 bridgehead atoms. The zero-order valence-electron chi connectivity index (χ0n) is 14.2. The standard InChI is InChI=1S/C20H18FN3O2/c1-26-18-7-3-6-16(12-18)23-17-8-9-19(22-13-17)24-20(25)11-14-4-2-5-15(21)10-14/h2-10,12-13,23H,11H2,1H3,(H,22,24,25). The van der Waals surface area contributed by atoms with E-state index in [1.54, 1.807) is 31.5 Å². The van der Waals surface area contributed by atoms with E-state index in [1.807, 2.05) is 30.3 Å². The van der Waals surface area contributed by atoms with E-state index >= 15 is 0 Å². The molecule has 0 radical (unpaired) electrons. The van der Waals surface area contributed by atoms with Crippen molar-refractivity contribution in [2.75, 3.05) is 17.7 Å². The first-order chi connectivity index (χ1) is 12.6. The van der Waals surface area contributed by atoms with Crippen LogP contribution in [0.25, 0.3) is 0 Å². The molecule has 0 aliphatic heterocycles. The highest BCUT2D eigenvalue weighted by Crippen LogP contribution is 2.21. The van der Waals surface area contributed by atoms with Crippen molar-refractivity contribution >= 4 is 23.1 Å². The van der Waals surface area contributed by atoms with Gasteiger partial charge in [0, 0.05) is 11.8 Å². The Bertz CT molecular complexity index is 898. The molecule has 1 amide bonds. The number of rotatable bonds is 6. The minimum absolute atomic E-state index is 0.0866. The lowest BCUT2D eigenvalue weighted by Gasteiger charge is -2.09. The summed E-state index contributed by atoms with van der Waals surface area (Å²) in [4.78, 5) is 16.3. The van der Waals surface area contributed by atoms with Crippen molar-refractivity contribution < 1.29 is 13.9 Å². The molecule has 1 aromatic heterocycles. The Balaban J connectivity index is 1.59. The van der Waals surface area contributed by atoms with Gasteiger partial charge in [0.1, 0.15) is 17.4 Å². The predicted molar refractivity (Wildman–Crippen MR) is 99.2 cm³/mol. The predicted octanol–water partition coefficient (Wildman–Crippen LogP) is 4.15. The fourth-order valence-corrected chi connectivity index (χ4v) is 2.43. The van der Waals surface area contributed by atoms with Gasteiger partial charge in [0.25, 0.3) is 0 Å². The number of carbonyl (C=O) groups excluding carboxylic acids is 1. The van der Waals surface area contributed by atoms with E-state index in [2.05, 4.69) is 15.6 Å². The summed E-state index contributed by atoms with van der Waals surface area (Å²) in [5.74, 6) is 0.574. The van der Waals surface area contributed by atoms with Crippen LogP contribution in [0.15, 0.2) is 66.9 Å². The van der Waals surface area contributed by atoms with Crippen LogP contribution in [0.1, 0.15) is 5.56 Å². The van der Waals surface area contributed by atoms with Crippen LogP contribution in [-0.2, 0) is 11.2 Å². The highest BCUT2D eigenvalue weighted by molar-refractivity contribution is 5.91. The van der Waals surface area contributed by atoms with Crippen LogP contribution < -0.4 is 15.4 Å². The number of benzene rings is 2. The first-order valence-electron chi connectivity index (χ1n) is 8.04. The summed E-state index contributed by atoms with van der Waals surface area (Å²) in [6.45, 7) is 0. The third-order valence-corrected chi connectivity index (χ3v) is 3.64. The normalized spacial score (nSPS) is 10.2. The van der Waals surface area contributed by atoms with Gasteiger partial charge in [0.15, 0.2) is 0 Å². The fourth-order valence-electron chi connectivity index (χ4n) is 2.43. The minimum atomic E-state index is -0.360. The SMILES string of the molecule is COc1cccc(Nc2ccc(NC(=O)Cc3cccc(F)c3)nc2)c1. The highest BCUT2D eigenvalue weighted by Gasteiger charge is 2.06. The molecular formula is C20H18FN3O2. The van der Waals surface area contributed by atoms with Gasteiger partial charge in [-0.25, -0.2) is 9.37 Å². The van der Waals surface area contributed by atoms with Crippen LogP contribution in [-0.4, -0.2) is 18.0 Å². The van der Waals surface area contributed by atoms with Crippen LogP contribution in [0.5, 0.6) is 5.75 Å². The Morgan fingerprint density at radius 1 is 1.08 bits per heavy atom. The molecule has 0 unspecified atom stereocenters. The smallest absolute Gasteiger partial charge is 0.229 e. The summed E-state index contributed by atoms with van der Waals surface area (Å²) < 4.78 is 18.3. The van der Waals surface area contributed by atoms with Crippen molar-refractivity contribution in [3.05, 3.63) is 78.2 Å². The van der Waals surface area contributed by atoms with Crippen molar-refractivity contribution in [2.45, 2.75) is 6.42 Å². The summed E-state index contributed by atoms with van der Waals surface area (Å²) in [5.41, 5.74) is 2.26. The van der Waals surface area contributed by atoms with Gasteiger partial charge in [-0.15, -0.1) is 0 Å². The van der Waals surface area contributed by atoms with Gasteiger partial charge in [-0.05, 0) is 42.0 Å². The summed E-state index contributed by atoms with van der Waals surface area (Å²) in [6, 6.07) is 17.0. The van der Waals surface area contributed by atoms with Crippen molar-refractivity contribution in [2.24, 2.45) is 0 Å². The number of halogens is 1. The number of hydrogen-bond donors (Lipinski definition) is 2. The van der Waals surface area contributed by atoms with E-state index in [0.29, 0.717) is 11.4 Å². The molecule has 2 N–H and O–H groups in total. The molecule has 0 aliphatic rings. The largest absolute Gasteiger partial charge is 0.497 e. The number of anilines is 3. The topological polar surface area (TPSA) is 63.2 Å². The summed E-state index contributed by atoms with van der Waals surface area (Å²) in [7, 11) is 1.61. The van der Waals surface area contributed by atoms with Crippen molar-refractivity contribution in [1.29, 1.82) is 0 Å². The van der Waals surface area contributed by atoms with E-state index in [-0.39, 0.29) is 18.1 Å². The van der Waals surface area contributed by atoms with Crippen molar-refractivity contribution in [3.8, 4) is 5.75 Å². The van der Waals surface area contributed by atoms with Crippen LogP contribution >= 0.6 is 0 Å². The van der Waals surface area contributed by atoms with Crippen LogP contribution in [0, 0.1) is 5.82 Å². The Morgan fingerprint density at radius 3 is 2.65 bits per heavy atom. The van der Waals surface area contributed by atoms with E-state index in [4.69, 9.17) is 4.74 Å². The van der Waals surface area contributed by atoms with Gasteiger partial charge in [0.2, 0.25) is 5.91 Å². The molecule has 0 atom stereocenters. The number of pyridine rings is 1. The molecule has 0 fully saturated rings. The maximum Gasteiger partial charge on any atom is 0.229 e. The average Bonchev–Trinajstić information content (AvgIpc) is 2.63. The van der Waals surface area contributed by atoms with E-state index < -0.39 is 0 Å². The fraction of sp³-hybridized carbons (Fsp3) is 0.100. The monoisotopic (exact) mass is 351 g/mol. The lowest BCUT2D eigenvalue weighted by molar-refractivity contribution is -0.115. The number of carbonyl (C=O) groups is 1. The first kappa shape index (κ1) is 17.4. The molecule has 6 heteroatoms. The van der Waals surface area contributed by atoms with Crippen molar-refractivity contribution in [3.63, 3.8) is 0 Å². The van der Waals surface area contributed by atoms with Gasteiger partial charge in [0.05, 0.1) is 25.4 Å². The van der Waals surface area contributed by atoms with E-state index in [9.17, 15) is 9.18 Å². The van der Waals surface area contributed by atoms with E-state index in [1.165, 1.54) is 12.1 Å². The molecule has 0 aliphatic carbocycles. The maximum absolute atomic E-state index is 13.2. The molecule has 1 heterocycles. The molecule has 3 rings (SSSR count). The molecular weight excluding hydrogens is 333 g/mol. The zero-order chi connectivity index (χ0) is 18.4. The van der Waals surface area contributed by atoms with Gasteiger partial charge in [-0.1, -0.05) is 18.2 Å².